The molecule has 0 spiro atoms. The minimum Gasteiger partial charge on any atom is -0.472 e. The molecule has 1 atom stereocenters. The minimum absolute atomic E-state index is 0.000254. The van der Waals surface area contributed by atoms with E-state index in [9.17, 15) is 4.79 Å². The van der Waals surface area contributed by atoms with Crippen LogP contribution in [0.2, 0.25) is 0 Å². The van der Waals surface area contributed by atoms with E-state index in [-0.39, 0.29) is 17.4 Å². The fourth-order valence-corrected chi connectivity index (χ4v) is 3.90. The number of aromatic nitrogens is 2. The van der Waals surface area contributed by atoms with Crippen LogP contribution in [0.5, 0.6) is 5.88 Å². The molecule has 6 nitrogen and oxygen atoms in total. The first-order valence-electron chi connectivity index (χ1n) is 10.4. The summed E-state index contributed by atoms with van der Waals surface area (Å²) in [7, 11) is 0. The summed E-state index contributed by atoms with van der Waals surface area (Å²) in [5.74, 6) is 2.36. The molecular formula is C21H31N3O3. The maximum Gasteiger partial charge on any atom is 0.228 e. The Kier molecular flexibility index (Phi) is 5.10. The summed E-state index contributed by atoms with van der Waals surface area (Å²) >= 11 is 0. The Hall–Kier alpha value is -1.69. The molecule has 1 aromatic rings. The zero-order valence-electron chi connectivity index (χ0n) is 16.8. The van der Waals surface area contributed by atoms with Crippen LogP contribution in [0.3, 0.4) is 0 Å². The van der Waals surface area contributed by atoms with Gasteiger partial charge in [0.05, 0.1) is 25.5 Å². The number of likely N-dealkylation sites (tertiary alicyclic amines) is 1. The highest BCUT2D eigenvalue weighted by molar-refractivity contribution is 5.81. The molecular weight excluding hydrogens is 342 g/mol. The molecule has 4 rings (SSSR count). The molecule has 3 aliphatic rings. The monoisotopic (exact) mass is 373 g/mol. The number of ether oxygens (including phenoxy) is 2. The number of hydrogen-bond donors (Lipinski definition) is 0. The van der Waals surface area contributed by atoms with Gasteiger partial charge < -0.3 is 14.4 Å². The van der Waals surface area contributed by atoms with Gasteiger partial charge in [0.25, 0.3) is 0 Å². The average molecular weight is 373 g/mol. The lowest BCUT2D eigenvalue weighted by molar-refractivity contribution is -0.142. The topological polar surface area (TPSA) is 64.6 Å². The van der Waals surface area contributed by atoms with E-state index in [1.54, 1.807) is 0 Å². The van der Waals surface area contributed by atoms with E-state index in [0.29, 0.717) is 25.7 Å². The van der Waals surface area contributed by atoms with Crippen molar-refractivity contribution in [3.8, 4) is 5.88 Å². The van der Waals surface area contributed by atoms with E-state index < -0.39 is 0 Å². The Morgan fingerprint density at radius 2 is 1.93 bits per heavy atom. The second-order valence-corrected chi connectivity index (χ2v) is 9.08. The van der Waals surface area contributed by atoms with Crippen molar-refractivity contribution in [3.63, 3.8) is 0 Å². The van der Waals surface area contributed by atoms with Crippen LogP contribution < -0.4 is 4.74 Å². The molecule has 0 bridgehead atoms. The third kappa shape index (κ3) is 4.26. The van der Waals surface area contributed by atoms with Crippen molar-refractivity contribution in [1.29, 1.82) is 0 Å². The predicted octanol–water partition coefficient (Wildman–Crippen LogP) is 2.89. The number of amides is 1. The fraction of sp³-hybridized carbons (Fsp3) is 0.762. The summed E-state index contributed by atoms with van der Waals surface area (Å²) < 4.78 is 12.1. The first-order chi connectivity index (χ1) is 12.9. The van der Waals surface area contributed by atoms with E-state index in [0.717, 1.165) is 55.2 Å². The average Bonchev–Trinajstić information content (AvgIpc) is 3.47. The smallest absolute Gasteiger partial charge is 0.228 e. The first-order valence-corrected chi connectivity index (χ1v) is 10.4. The number of piperidine rings is 1. The van der Waals surface area contributed by atoms with Crippen molar-refractivity contribution in [1.82, 2.24) is 14.9 Å². The Morgan fingerprint density at radius 1 is 1.15 bits per heavy atom. The van der Waals surface area contributed by atoms with Crippen molar-refractivity contribution in [2.45, 2.75) is 71.3 Å². The summed E-state index contributed by atoms with van der Waals surface area (Å²) in [4.78, 5) is 24.3. The van der Waals surface area contributed by atoms with E-state index in [1.165, 1.54) is 12.8 Å². The Bertz CT molecular complexity index is 709. The predicted molar refractivity (Wildman–Crippen MR) is 102 cm³/mol. The largest absolute Gasteiger partial charge is 0.472 e. The lowest BCUT2D eigenvalue weighted by atomic mass is 9.93. The number of carbonyl (C=O) groups is 1. The SMILES string of the molecule is CC(C)(C)C(=O)N1CCCC(Oc2nc(C3CC3)nc3c2CCOCC3)C1. The van der Waals surface area contributed by atoms with Crippen LogP contribution in [0.15, 0.2) is 0 Å². The molecule has 0 aromatic carbocycles. The van der Waals surface area contributed by atoms with E-state index in [1.807, 2.05) is 25.7 Å². The molecule has 1 unspecified atom stereocenters. The third-order valence-electron chi connectivity index (χ3n) is 5.58. The van der Waals surface area contributed by atoms with Crippen molar-refractivity contribution in [3.05, 3.63) is 17.1 Å². The highest BCUT2D eigenvalue weighted by Crippen LogP contribution is 2.40. The molecule has 27 heavy (non-hydrogen) atoms. The molecule has 1 saturated carbocycles. The van der Waals surface area contributed by atoms with Crippen molar-refractivity contribution < 1.29 is 14.3 Å². The zero-order chi connectivity index (χ0) is 19.0. The van der Waals surface area contributed by atoms with Crippen LogP contribution in [0, 0.1) is 5.41 Å². The molecule has 0 N–H and O–H groups in total. The third-order valence-corrected chi connectivity index (χ3v) is 5.58. The molecule has 0 radical (unpaired) electrons. The van der Waals surface area contributed by atoms with E-state index in [2.05, 4.69) is 0 Å². The molecule has 1 saturated heterocycles. The van der Waals surface area contributed by atoms with Gasteiger partial charge in [-0.1, -0.05) is 20.8 Å². The maximum absolute atomic E-state index is 12.7. The highest BCUT2D eigenvalue weighted by atomic mass is 16.5. The number of rotatable bonds is 3. The van der Waals surface area contributed by atoms with Crippen molar-refractivity contribution in [2.24, 2.45) is 5.41 Å². The summed E-state index contributed by atoms with van der Waals surface area (Å²) in [6.45, 7) is 8.80. The van der Waals surface area contributed by atoms with Crippen LogP contribution in [0.1, 0.15) is 69.5 Å². The van der Waals surface area contributed by atoms with E-state index >= 15 is 0 Å². The second kappa shape index (κ2) is 7.38. The molecule has 3 heterocycles. The van der Waals surface area contributed by atoms with Gasteiger partial charge in [0.15, 0.2) is 0 Å². The zero-order valence-corrected chi connectivity index (χ0v) is 16.8. The highest BCUT2D eigenvalue weighted by Gasteiger charge is 2.33. The molecule has 1 amide bonds. The quantitative estimate of drug-likeness (QED) is 0.815. The van der Waals surface area contributed by atoms with Crippen LogP contribution in [0.4, 0.5) is 0 Å². The van der Waals surface area contributed by atoms with Crippen molar-refractivity contribution in [2.75, 3.05) is 26.3 Å². The minimum atomic E-state index is -0.357. The van der Waals surface area contributed by atoms with Crippen LogP contribution in [-0.4, -0.2) is 53.2 Å². The maximum atomic E-state index is 12.7. The van der Waals surface area contributed by atoms with E-state index in [4.69, 9.17) is 19.4 Å². The van der Waals surface area contributed by atoms with Crippen molar-refractivity contribution >= 4 is 5.91 Å². The van der Waals surface area contributed by atoms with Crippen LogP contribution >= 0.6 is 0 Å². The van der Waals surface area contributed by atoms with Crippen LogP contribution in [-0.2, 0) is 22.4 Å². The van der Waals surface area contributed by atoms with Gasteiger partial charge in [-0.25, -0.2) is 4.98 Å². The molecule has 2 fully saturated rings. The molecule has 2 aliphatic heterocycles. The second-order valence-electron chi connectivity index (χ2n) is 9.08. The first kappa shape index (κ1) is 18.7. The van der Waals surface area contributed by atoms with Gasteiger partial charge in [-0.3, -0.25) is 4.79 Å². The van der Waals surface area contributed by atoms with Crippen LogP contribution in [0.25, 0.3) is 0 Å². The lowest BCUT2D eigenvalue weighted by Gasteiger charge is -2.36. The Balaban J connectivity index is 1.54. The number of fused-ring (bicyclic) bond motifs is 1. The summed E-state index contributed by atoms with van der Waals surface area (Å²) in [6, 6.07) is 0. The van der Waals surface area contributed by atoms with Gasteiger partial charge in [-0.15, -0.1) is 0 Å². The molecule has 1 aliphatic carbocycles. The summed E-state index contributed by atoms with van der Waals surface area (Å²) in [6.07, 6.45) is 5.90. The van der Waals surface area contributed by atoms with Gasteiger partial charge in [0, 0.05) is 36.3 Å². The molecule has 6 heteroatoms. The van der Waals surface area contributed by atoms with Gasteiger partial charge in [-0.2, -0.15) is 4.98 Å². The normalized spacial score (nSPS) is 23.5. The number of nitrogens with zero attached hydrogens (tertiary/aromatic N) is 3. The van der Waals surface area contributed by atoms with Gasteiger partial charge in [-0.05, 0) is 25.7 Å². The number of carbonyl (C=O) groups excluding carboxylic acids is 1. The lowest BCUT2D eigenvalue weighted by Crippen LogP contribution is -2.48. The molecule has 148 valence electrons. The Morgan fingerprint density at radius 3 is 2.67 bits per heavy atom. The fourth-order valence-electron chi connectivity index (χ4n) is 3.90. The van der Waals surface area contributed by atoms with Gasteiger partial charge in [0.2, 0.25) is 11.8 Å². The summed E-state index contributed by atoms with van der Waals surface area (Å²) in [5, 5.41) is 0. The van der Waals surface area contributed by atoms with Gasteiger partial charge >= 0.3 is 0 Å². The van der Waals surface area contributed by atoms with Gasteiger partial charge in [0.1, 0.15) is 11.9 Å². The number of hydrogen-bond acceptors (Lipinski definition) is 5. The standard InChI is InChI=1S/C21H31N3O3/c1-21(2,3)20(25)24-10-4-5-15(13-24)27-19-16-8-11-26-12-9-17(16)22-18(23-19)14-6-7-14/h14-15H,4-13H2,1-3H3. The summed E-state index contributed by atoms with van der Waals surface area (Å²) in [5.41, 5.74) is 1.85. The molecule has 1 aromatic heterocycles. The Labute approximate surface area is 161 Å².